The first kappa shape index (κ1) is 20.6. The molecule has 3 rings (SSSR count). The van der Waals surface area contributed by atoms with Crippen LogP contribution < -0.4 is 15.5 Å². The highest BCUT2D eigenvalue weighted by molar-refractivity contribution is 7.80. The molecule has 0 atom stereocenters. The number of carbonyl (C=O) groups excluding carboxylic acids is 1. The molecular weight excluding hydrogens is 390 g/mol. The van der Waals surface area contributed by atoms with Gasteiger partial charge in [-0.1, -0.05) is 43.6 Å². The number of halogens is 1. The average molecular weight is 416 g/mol. The number of piperidine rings is 1. The number of carbonyl (C=O) groups is 1. The standard InChI is InChI=1S/C22H26ClN3OS/c1-15(2)16-9-11-17(12-10-16)21(27)25-22(28)24-19-8-6-7-18(23)20(19)26-13-4-3-5-14-26/h6-12,15H,3-5,13-14H2,1-2H3,(H2,24,25,27,28). The van der Waals surface area contributed by atoms with Gasteiger partial charge in [0.1, 0.15) is 0 Å². The fourth-order valence-corrected chi connectivity index (χ4v) is 3.90. The molecule has 28 heavy (non-hydrogen) atoms. The first-order chi connectivity index (χ1) is 13.5. The molecule has 0 spiro atoms. The van der Waals surface area contributed by atoms with E-state index in [4.69, 9.17) is 23.8 Å². The molecule has 0 saturated carbocycles. The van der Waals surface area contributed by atoms with Crippen molar-refractivity contribution in [2.24, 2.45) is 0 Å². The smallest absolute Gasteiger partial charge is 0.257 e. The van der Waals surface area contributed by atoms with Gasteiger partial charge in [-0.25, -0.2) is 0 Å². The minimum atomic E-state index is -0.227. The van der Waals surface area contributed by atoms with E-state index < -0.39 is 0 Å². The van der Waals surface area contributed by atoms with Gasteiger partial charge in [0.15, 0.2) is 5.11 Å². The van der Waals surface area contributed by atoms with E-state index in [0.29, 0.717) is 16.5 Å². The van der Waals surface area contributed by atoms with Crippen molar-refractivity contribution >= 4 is 46.2 Å². The van der Waals surface area contributed by atoms with Crippen LogP contribution in [0.25, 0.3) is 0 Å². The van der Waals surface area contributed by atoms with Gasteiger partial charge in [0.05, 0.1) is 16.4 Å². The Morgan fingerprint density at radius 1 is 1.07 bits per heavy atom. The zero-order chi connectivity index (χ0) is 20.1. The molecule has 2 N–H and O–H groups in total. The highest BCUT2D eigenvalue weighted by atomic mass is 35.5. The molecular formula is C22H26ClN3OS. The van der Waals surface area contributed by atoms with Gasteiger partial charge >= 0.3 is 0 Å². The van der Waals surface area contributed by atoms with Crippen LogP contribution in [0.3, 0.4) is 0 Å². The number of benzene rings is 2. The highest BCUT2D eigenvalue weighted by Crippen LogP contribution is 2.35. The molecule has 0 unspecified atom stereocenters. The van der Waals surface area contributed by atoms with Crippen LogP contribution in [0.2, 0.25) is 5.02 Å². The van der Waals surface area contributed by atoms with Crippen molar-refractivity contribution in [1.82, 2.24) is 5.32 Å². The summed E-state index contributed by atoms with van der Waals surface area (Å²) in [5.74, 6) is 0.199. The minimum Gasteiger partial charge on any atom is -0.369 e. The number of nitrogens with one attached hydrogen (secondary N) is 2. The van der Waals surface area contributed by atoms with E-state index in [2.05, 4.69) is 29.4 Å². The second kappa shape index (κ2) is 9.39. The lowest BCUT2D eigenvalue weighted by Crippen LogP contribution is -2.35. The van der Waals surface area contributed by atoms with E-state index in [9.17, 15) is 4.79 Å². The Morgan fingerprint density at radius 2 is 1.75 bits per heavy atom. The molecule has 0 aromatic heterocycles. The molecule has 1 fully saturated rings. The molecule has 6 heteroatoms. The minimum absolute atomic E-state index is 0.227. The lowest BCUT2D eigenvalue weighted by Gasteiger charge is -2.31. The van der Waals surface area contributed by atoms with Crippen LogP contribution in [0, 0.1) is 0 Å². The van der Waals surface area contributed by atoms with Crippen LogP contribution in [0.1, 0.15) is 54.9 Å². The van der Waals surface area contributed by atoms with E-state index in [0.717, 1.165) is 37.3 Å². The summed E-state index contributed by atoms with van der Waals surface area (Å²) in [6, 6.07) is 13.3. The summed E-state index contributed by atoms with van der Waals surface area (Å²) in [6.45, 7) is 6.19. The third kappa shape index (κ3) is 5.03. The van der Waals surface area contributed by atoms with Gasteiger partial charge in [0.25, 0.3) is 5.91 Å². The Kier molecular flexibility index (Phi) is 6.92. The monoisotopic (exact) mass is 415 g/mol. The first-order valence-electron chi connectivity index (χ1n) is 9.71. The Hall–Kier alpha value is -2.11. The molecule has 148 valence electrons. The normalized spacial score (nSPS) is 14.1. The first-order valence-corrected chi connectivity index (χ1v) is 10.5. The fourth-order valence-electron chi connectivity index (χ4n) is 3.40. The molecule has 1 aliphatic rings. The number of thiocarbonyl (C=S) groups is 1. The second-order valence-corrected chi connectivity index (χ2v) is 8.18. The maximum Gasteiger partial charge on any atom is 0.257 e. The summed E-state index contributed by atoms with van der Waals surface area (Å²) in [6.07, 6.45) is 3.55. The Morgan fingerprint density at radius 3 is 2.39 bits per heavy atom. The van der Waals surface area contributed by atoms with Crippen molar-refractivity contribution in [3.8, 4) is 0 Å². The van der Waals surface area contributed by atoms with Crippen molar-refractivity contribution in [1.29, 1.82) is 0 Å². The predicted octanol–water partition coefficient (Wildman–Crippen LogP) is 5.58. The van der Waals surface area contributed by atoms with Crippen LogP contribution >= 0.6 is 23.8 Å². The van der Waals surface area contributed by atoms with Crippen LogP contribution in [-0.2, 0) is 0 Å². The van der Waals surface area contributed by atoms with E-state index >= 15 is 0 Å². The van der Waals surface area contributed by atoms with Crippen molar-refractivity contribution in [3.05, 3.63) is 58.6 Å². The number of hydrogen-bond donors (Lipinski definition) is 2. The molecule has 1 heterocycles. The van der Waals surface area contributed by atoms with Gasteiger partial charge in [-0.05, 0) is 67.2 Å². The van der Waals surface area contributed by atoms with Gasteiger partial charge in [-0.3, -0.25) is 10.1 Å². The van der Waals surface area contributed by atoms with Crippen molar-refractivity contribution < 1.29 is 4.79 Å². The zero-order valence-electron chi connectivity index (χ0n) is 16.3. The molecule has 0 bridgehead atoms. The number of para-hydroxylation sites is 1. The highest BCUT2D eigenvalue weighted by Gasteiger charge is 2.18. The molecule has 4 nitrogen and oxygen atoms in total. The third-order valence-corrected chi connectivity index (χ3v) is 5.48. The van der Waals surface area contributed by atoms with Crippen molar-refractivity contribution in [3.63, 3.8) is 0 Å². The largest absolute Gasteiger partial charge is 0.369 e. The molecule has 1 aliphatic heterocycles. The molecule has 0 radical (unpaired) electrons. The van der Waals surface area contributed by atoms with Gasteiger partial charge < -0.3 is 10.2 Å². The van der Waals surface area contributed by atoms with Crippen molar-refractivity contribution in [2.75, 3.05) is 23.3 Å². The summed E-state index contributed by atoms with van der Waals surface area (Å²) in [4.78, 5) is 14.8. The van der Waals surface area contributed by atoms with Crippen molar-refractivity contribution in [2.45, 2.75) is 39.0 Å². The lowest BCUT2D eigenvalue weighted by molar-refractivity contribution is 0.0977. The summed E-state index contributed by atoms with van der Waals surface area (Å²) < 4.78 is 0. The number of nitrogens with zero attached hydrogens (tertiary/aromatic N) is 1. The summed E-state index contributed by atoms with van der Waals surface area (Å²) in [5.41, 5.74) is 3.54. The maximum absolute atomic E-state index is 12.5. The van der Waals surface area contributed by atoms with E-state index in [1.165, 1.54) is 12.0 Å². The number of amides is 1. The number of rotatable bonds is 4. The van der Waals surface area contributed by atoms with Gasteiger partial charge in [-0.2, -0.15) is 0 Å². The molecule has 1 amide bonds. The molecule has 2 aromatic rings. The van der Waals surface area contributed by atoms with Gasteiger partial charge in [0, 0.05) is 18.7 Å². The Labute approximate surface area is 177 Å². The number of hydrogen-bond acceptors (Lipinski definition) is 3. The Balaban J connectivity index is 1.69. The van der Waals surface area contributed by atoms with E-state index in [-0.39, 0.29) is 11.0 Å². The summed E-state index contributed by atoms with van der Waals surface area (Å²) in [5, 5.41) is 6.86. The second-order valence-electron chi connectivity index (χ2n) is 7.37. The van der Waals surface area contributed by atoms with Gasteiger partial charge in [0.2, 0.25) is 0 Å². The van der Waals surface area contributed by atoms with E-state index in [1.54, 1.807) is 0 Å². The molecule has 2 aromatic carbocycles. The molecule has 1 saturated heterocycles. The summed E-state index contributed by atoms with van der Waals surface area (Å²) in [7, 11) is 0. The van der Waals surface area contributed by atoms with Gasteiger partial charge in [-0.15, -0.1) is 0 Å². The topological polar surface area (TPSA) is 44.4 Å². The zero-order valence-corrected chi connectivity index (χ0v) is 17.9. The quantitative estimate of drug-likeness (QED) is 0.639. The predicted molar refractivity (Wildman–Crippen MR) is 122 cm³/mol. The lowest BCUT2D eigenvalue weighted by atomic mass is 10.0. The van der Waals surface area contributed by atoms with E-state index in [1.807, 2.05) is 42.5 Å². The molecule has 0 aliphatic carbocycles. The Bertz CT molecular complexity index is 845. The maximum atomic E-state index is 12.5. The van der Waals surface area contributed by atoms with Crippen LogP contribution in [0.4, 0.5) is 11.4 Å². The average Bonchev–Trinajstić information content (AvgIpc) is 2.68. The summed E-state index contributed by atoms with van der Waals surface area (Å²) >= 11 is 11.9. The number of anilines is 2. The van der Waals surface area contributed by atoms with Crippen LogP contribution in [0.15, 0.2) is 42.5 Å². The fraction of sp³-hybridized carbons (Fsp3) is 0.364. The SMILES string of the molecule is CC(C)c1ccc(C(=O)NC(=S)Nc2cccc(Cl)c2N2CCCCC2)cc1. The van der Waals surface area contributed by atoms with Crippen LogP contribution in [-0.4, -0.2) is 24.1 Å². The van der Waals surface area contributed by atoms with Crippen LogP contribution in [0.5, 0.6) is 0 Å². The third-order valence-electron chi connectivity index (χ3n) is 4.97.